The Bertz CT molecular complexity index is 424. The van der Waals surface area contributed by atoms with E-state index in [2.05, 4.69) is 6.08 Å². The van der Waals surface area contributed by atoms with Crippen LogP contribution in [0.2, 0.25) is 0 Å². The molecule has 0 aliphatic heterocycles. The molecule has 1 aliphatic carbocycles. The predicted octanol–water partition coefficient (Wildman–Crippen LogP) is 3.38. The molecule has 0 fully saturated rings. The molecule has 0 aromatic heterocycles. The maximum Gasteiger partial charge on any atom is 0.163 e. The number of benzene rings is 1. The summed E-state index contributed by atoms with van der Waals surface area (Å²) in [6, 6.07) is 10.1. The van der Waals surface area contributed by atoms with Gasteiger partial charge in [-0.05, 0) is 24.5 Å². The Balaban J connectivity index is 2.44. The lowest BCUT2D eigenvalue weighted by atomic mass is 9.93. The zero-order valence-electron chi connectivity index (χ0n) is 8.86. The number of carbonyl (C=O) groups excluding carboxylic acids is 1. The molecule has 1 nitrogen and oxygen atoms in total. The Morgan fingerprint density at radius 2 is 1.93 bits per heavy atom. The molecule has 76 valence electrons. The summed E-state index contributed by atoms with van der Waals surface area (Å²) in [5.74, 6) is 0.263. The van der Waals surface area contributed by atoms with Gasteiger partial charge >= 0.3 is 0 Å². The molecule has 0 saturated carbocycles. The SMILES string of the molecule is C/C(=C1\C=CCCC1=O)c1ccccc1. The van der Waals surface area contributed by atoms with Crippen LogP contribution in [0.3, 0.4) is 0 Å². The third-order valence-corrected chi connectivity index (χ3v) is 2.73. The Labute approximate surface area is 90.1 Å². The fourth-order valence-electron chi connectivity index (χ4n) is 1.82. The second-order valence-corrected chi connectivity index (χ2v) is 3.77. The van der Waals surface area contributed by atoms with Gasteiger partial charge in [0.1, 0.15) is 0 Å². The van der Waals surface area contributed by atoms with Crippen LogP contribution in [-0.2, 0) is 4.79 Å². The molecule has 0 amide bonds. The largest absolute Gasteiger partial charge is 0.294 e. The normalized spacial score (nSPS) is 19.1. The Hall–Kier alpha value is -1.63. The van der Waals surface area contributed by atoms with Crippen molar-refractivity contribution in [1.29, 1.82) is 0 Å². The van der Waals surface area contributed by atoms with E-state index in [1.807, 2.05) is 43.3 Å². The maximum atomic E-state index is 11.7. The van der Waals surface area contributed by atoms with Crippen molar-refractivity contribution in [3.05, 3.63) is 53.6 Å². The summed E-state index contributed by atoms with van der Waals surface area (Å²) in [7, 11) is 0. The van der Waals surface area contributed by atoms with E-state index in [-0.39, 0.29) is 5.78 Å². The molecule has 1 aromatic carbocycles. The van der Waals surface area contributed by atoms with E-state index in [1.165, 1.54) is 0 Å². The maximum absolute atomic E-state index is 11.7. The number of hydrogen-bond donors (Lipinski definition) is 0. The fraction of sp³-hybridized carbons (Fsp3) is 0.214. The van der Waals surface area contributed by atoms with Gasteiger partial charge in [-0.3, -0.25) is 4.79 Å². The van der Waals surface area contributed by atoms with Crippen LogP contribution >= 0.6 is 0 Å². The molecule has 0 radical (unpaired) electrons. The Kier molecular flexibility index (Phi) is 2.82. The monoisotopic (exact) mass is 198 g/mol. The fourth-order valence-corrected chi connectivity index (χ4v) is 1.82. The third kappa shape index (κ3) is 2.07. The number of hydrogen-bond acceptors (Lipinski definition) is 1. The first kappa shape index (κ1) is 9.91. The lowest BCUT2D eigenvalue weighted by Gasteiger charge is -2.11. The molecule has 0 spiro atoms. The van der Waals surface area contributed by atoms with Gasteiger partial charge in [0.2, 0.25) is 0 Å². The van der Waals surface area contributed by atoms with Crippen molar-refractivity contribution in [2.24, 2.45) is 0 Å². The first-order valence-corrected chi connectivity index (χ1v) is 5.25. The van der Waals surface area contributed by atoms with Crippen LogP contribution in [-0.4, -0.2) is 5.78 Å². The number of Topliss-reactive ketones (excluding diaryl/α,β-unsaturated/α-hetero) is 1. The molecule has 0 N–H and O–H groups in total. The highest BCUT2D eigenvalue weighted by Crippen LogP contribution is 2.23. The molecule has 0 unspecified atom stereocenters. The molecular formula is C14H14O. The molecule has 1 heteroatoms. The summed E-state index contributed by atoms with van der Waals surface area (Å²) in [6.07, 6.45) is 5.55. The zero-order valence-corrected chi connectivity index (χ0v) is 8.86. The average molecular weight is 198 g/mol. The summed E-state index contributed by atoms with van der Waals surface area (Å²) in [5.41, 5.74) is 3.08. The quantitative estimate of drug-likeness (QED) is 0.632. The van der Waals surface area contributed by atoms with Gasteiger partial charge in [-0.15, -0.1) is 0 Å². The molecule has 0 saturated heterocycles. The van der Waals surface area contributed by atoms with Crippen molar-refractivity contribution in [2.45, 2.75) is 19.8 Å². The highest BCUT2D eigenvalue weighted by molar-refractivity contribution is 6.05. The van der Waals surface area contributed by atoms with Crippen molar-refractivity contribution in [2.75, 3.05) is 0 Å². The van der Waals surface area contributed by atoms with Gasteiger partial charge < -0.3 is 0 Å². The van der Waals surface area contributed by atoms with Crippen LogP contribution in [0, 0.1) is 0 Å². The van der Waals surface area contributed by atoms with Crippen molar-refractivity contribution in [3.63, 3.8) is 0 Å². The third-order valence-electron chi connectivity index (χ3n) is 2.73. The van der Waals surface area contributed by atoms with Crippen molar-refractivity contribution < 1.29 is 4.79 Å². The van der Waals surface area contributed by atoms with Crippen LogP contribution in [0.5, 0.6) is 0 Å². The minimum atomic E-state index is 0.263. The summed E-state index contributed by atoms with van der Waals surface area (Å²) in [4.78, 5) is 11.7. The Morgan fingerprint density at radius 3 is 2.60 bits per heavy atom. The van der Waals surface area contributed by atoms with Crippen LogP contribution in [0.15, 0.2) is 48.1 Å². The first-order valence-electron chi connectivity index (χ1n) is 5.25. The van der Waals surface area contributed by atoms with Gasteiger partial charge in [-0.25, -0.2) is 0 Å². The topological polar surface area (TPSA) is 17.1 Å². The lowest BCUT2D eigenvalue weighted by Crippen LogP contribution is -2.05. The minimum Gasteiger partial charge on any atom is -0.294 e. The first-order chi connectivity index (χ1) is 7.29. The van der Waals surface area contributed by atoms with E-state index in [0.29, 0.717) is 6.42 Å². The van der Waals surface area contributed by atoms with Crippen molar-refractivity contribution in [3.8, 4) is 0 Å². The molecule has 15 heavy (non-hydrogen) atoms. The van der Waals surface area contributed by atoms with Gasteiger partial charge in [-0.1, -0.05) is 42.5 Å². The van der Waals surface area contributed by atoms with Gasteiger partial charge in [0.05, 0.1) is 0 Å². The number of carbonyl (C=O) groups is 1. The molecule has 0 atom stereocenters. The minimum absolute atomic E-state index is 0.263. The lowest BCUT2D eigenvalue weighted by molar-refractivity contribution is -0.115. The molecule has 1 aliphatic rings. The smallest absolute Gasteiger partial charge is 0.163 e. The van der Waals surface area contributed by atoms with Crippen LogP contribution in [0.4, 0.5) is 0 Å². The highest BCUT2D eigenvalue weighted by Gasteiger charge is 2.13. The van der Waals surface area contributed by atoms with Gasteiger partial charge in [-0.2, -0.15) is 0 Å². The van der Waals surface area contributed by atoms with E-state index < -0.39 is 0 Å². The van der Waals surface area contributed by atoms with E-state index in [9.17, 15) is 4.79 Å². The second-order valence-electron chi connectivity index (χ2n) is 3.77. The standard InChI is InChI=1S/C14H14O/c1-11(12-7-3-2-4-8-12)13-9-5-6-10-14(13)15/h2-5,7-9H,6,10H2,1H3/b13-11-. The number of rotatable bonds is 1. The van der Waals surface area contributed by atoms with Crippen LogP contribution in [0.25, 0.3) is 5.57 Å². The van der Waals surface area contributed by atoms with Gasteiger partial charge in [0.25, 0.3) is 0 Å². The zero-order chi connectivity index (χ0) is 10.7. The highest BCUT2D eigenvalue weighted by atomic mass is 16.1. The average Bonchev–Trinajstić information content (AvgIpc) is 2.30. The van der Waals surface area contributed by atoms with Crippen LogP contribution in [0.1, 0.15) is 25.3 Å². The number of ketones is 1. The second kappa shape index (κ2) is 4.26. The molecule has 0 bridgehead atoms. The van der Waals surface area contributed by atoms with E-state index in [0.717, 1.165) is 23.1 Å². The van der Waals surface area contributed by atoms with E-state index in [1.54, 1.807) is 0 Å². The molecule has 2 rings (SSSR count). The van der Waals surface area contributed by atoms with Gasteiger partial charge in [0.15, 0.2) is 5.78 Å². The summed E-state index contributed by atoms with van der Waals surface area (Å²) < 4.78 is 0. The molecule has 1 aromatic rings. The molecular weight excluding hydrogens is 184 g/mol. The van der Waals surface area contributed by atoms with Crippen LogP contribution < -0.4 is 0 Å². The van der Waals surface area contributed by atoms with Gasteiger partial charge in [0, 0.05) is 12.0 Å². The Morgan fingerprint density at radius 1 is 1.20 bits per heavy atom. The summed E-state index contributed by atoms with van der Waals surface area (Å²) >= 11 is 0. The summed E-state index contributed by atoms with van der Waals surface area (Å²) in [5, 5.41) is 0. The number of allylic oxidation sites excluding steroid dienone is 4. The van der Waals surface area contributed by atoms with E-state index >= 15 is 0 Å². The van der Waals surface area contributed by atoms with Crippen molar-refractivity contribution >= 4 is 11.4 Å². The summed E-state index contributed by atoms with van der Waals surface area (Å²) in [6.45, 7) is 2.01. The predicted molar refractivity (Wildman–Crippen MR) is 62.4 cm³/mol. The van der Waals surface area contributed by atoms with E-state index in [4.69, 9.17) is 0 Å². The van der Waals surface area contributed by atoms with Crippen molar-refractivity contribution in [1.82, 2.24) is 0 Å². The molecule has 0 heterocycles.